The predicted octanol–water partition coefficient (Wildman–Crippen LogP) is -4.52. The van der Waals surface area contributed by atoms with Gasteiger partial charge in [0.25, 0.3) is 0 Å². The average Bonchev–Trinajstić information content (AvgIpc) is 1.00. The summed E-state index contributed by atoms with van der Waals surface area (Å²) in [6.45, 7) is 5.26. The van der Waals surface area contributed by atoms with Crippen LogP contribution >= 0.6 is 0 Å². The number of primary amides is 1. The third-order valence-electron chi connectivity index (χ3n) is 14.3. The average molecular weight is 1310 g/mol. The molecule has 0 aliphatic heterocycles. The van der Waals surface area contributed by atoms with E-state index in [-0.39, 0.29) is 51.2 Å². The molecule has 0 unspecified atom stereocenters. The van der Waals surface area contributed by atoms with E-state index in [2.05, 4.69) is 70.7 Å². The standard InChI is InChI=1S/C57H103N17O18/c1-6-7-8-9-10-11-12-13-14-15-16-17-18-23-43(79)68-36(21-19-26-63-56(59)60)49(86)70-38(24-25-45(81)82)51(88)74-47(35(5)77)55(92)72-39(28-42(58)78)52(89)67-33(3)48(85)65-30-44(80)69-37(22-20-27-64-57(61)62)50(87)73-41(31-75)54(91)71-40(29-46(83)84)53(90)66-32(2)34(4)76/h32-41,47,75-77H,6-31H2,1-5H3,(H2,58,78)(H,65,85)(H,66,90)(H,67,89)(H,68,79)(H,69,80)(H,70,86)(H,71,91)(H,72,92)(H,73,87)(H,74,88)(H,81,82)(H,83,84)(H4,59,60,63)(H4,61,62,64)/t32-,33+,34-,35-,36+,37+,38+,39+,40+,41+,47+/m1/s1. The van der Waals surface area contributed by atoms with Crippen molar-refractivity contribution in [1.29, 1.82) is 10.8 Å². The van der Waals surface area contributed by atoms with Gasteiger partial charge in [0.15, 0.2) is 11.9 Å². The minimum atomic E-state index is -1.97. The van der Waals surface area contributed by atoms with Crippen LogP contribution in [0, 0.1) is 10.8 Å². The summed E-state index contributed by atoms with van der Waals surface area (Å²) in [6, 6.07) is -14.4. The highest BCUT2D eigenvalue weighted by Crippen LogP contribution is 2.14. The number of guanidine groups is 2. The molecular formula is C57H103N17O18. The molecule has 0 radical (unpaired) electrons. The monoisotopic (exact) mass is 1310 g/mol. The summed E-state index contributed by atoms with van der Waals surface area (Å²) < 4.78 is 0. The second-order valence-electron chi connectivity index (χ2n) is 22.5. The Morgan fingerprint density at radius 2 is 0.815 bits per heavy atom. The lowest BCUT2D eigenvalue weighted by Gasteiger charge is -2.27. The van der Waals surface area contributed by atoms with Gasteiger partial charge in [0.1, 0.15) is 48.3 Å². The number of nitrogens with one attached hydrogen (secondary N) is 14. The van der Waals surface area contributed by atoms with E-state index in [1.807, 2.05) is 0 Å². The number of hydrogen-bond acceptors (Lipinski definition) is 18. The van der Waals surface area contributed by atoms with Crippen LogP contribution in [0.2, 0.25) is 0 Å². The largest absolute Gasteiger partial charge is 0.481 e. The molecule has 35 nitrogen and oxygen atoms in total. The van der Waals surface area contributed by atoms with Gasteiger partial charge < -0.3 is 107 Å². The van der Waals surface area contributed by atoms with Gasteiger partial charge in [-0.3, -0.25) is 73.1 Å². The highest BCUT2D eigenvalue weighted by Gasteiger charge is 2.36. The first-order chi connectivity index (χ1) is 43.3. The molecule has 0 aliphatic rings. The zero-order valence-corrected chi connectivity index (χ0v) is 53.5. The van der Waals surface area contributed by atoms with Crippen LogP contribution in [0.3, 0.4) is 0 Å². The minimum absolute atomic E-state index is 0.00253. The summed E-state index contributed by atoms with van der Waals surface area (Å²) >= 11 is 0. The van der Waals surface area contributed by atoms with Crippen molar-refractivity contribution in [2.24, 2.45) is 17.2 Å². The number of hydrogen-bond donors (Lipinski definition) is 22. The maximum atomic E-state index is 13.9. The fourth-order valence-corrected chi connectivity index (χ4v) is 8.82. The number of amides is 11. The number of nitrogens with two attached hydrogens (primary N) is 3. The van der Waals surface area contributed by atoms with Crippen molar-refractivity contribution in [3.05, 3.63) is 0 Å². The fourth-order valence-electron chi connectivity index (χ4n) is 8.82. The number of carboxylic acids is 2. The van der Waals surface area contributed by atoms with Crippen LogP contribution in [0.4, 0.5) is 0 Å². The minimum Gasteiger partial charge on any atom is -0.481 e. The van der Waals surface area contributed by atoms with Crippen LogP contribution in [-0.4, -0.2) is 207 Å². The molecular weight excluding hydrogens is 1210 g/mol. The van der Waals surface area contributed by atoms with Gasteiger partial charge in [0.05, 0.1) is 44.2 Å². The van der Waals surface area contributed by atoms with E-state index in [1.165, 1.54) is 58.8 Å². The molecule has 0 rings (SSSR count). The first-order valence-electron chi connectivity index (χ1n) is 31.2. The van der Waals surface area contributed by atoms with Crippen LogP contribution in [0.25, 0.3) is 0 Å². The van der Waals surface area contributed by atoms with Crippen LogP contribution in [0.15, 0.2) is 0 Å². The van der Waals surface area contributed by atoms with E-state index in [1.54, 1.807) is 0 Å². The molecule has 11 amide bonds. The summed E-state index contributed by atoms with van der Waals surface area (Å²) in [6.07, 6.45) is 8.25. The Morgan fingerprint density at radius 3 is 1.27 bits per heavy atom. The SMILES string of the molecule is CCCCCCCCCCCCCCCC(=O)N[C@@H](CCCNC(=N)N)C(=O)N[C@@H](CCC(=O)O)C(=O)N[C@H](C(=O)N[C@@H](CC(N)=O)C(=O)N[C@@H](C)C(=O)NCC(=O)N[C@@H](CCCNC(=N)N)C(=O)N[C@@H](CO)C(=O)N[C@@H](CC(=O)O)C(=O)N[C@H](C)[C@@H](C)O)[C@@H](C)O. The third kappa shape index (κ3) is 38.9. The van der Waals surface area contributed by atoms with Gasteiger partial charge in [-0.05, 0) is 66.2 Å². The lowest BCUT2D eigenvalue weighted by molar-refractivity contribution is -0.141. The van der Waals surface area contributed by atoms with E-state index < -0.39 is 188 Å². The fraction of sp³-hybridized carbons (Fsp3) is 0.737. The molecule has 0 fully saturated rings. The van der Waals surface area contributed by atoms with Crippen molar-refractivity contribution in [2.75, 3.05) is 26.2 Å². The molecule has 0 aromatic carbocycles. The molecule has 0 heterocycles. The molecule has 0 saturated heterocycles. The molecule has 0 bridgehead atoms. The van der Waals surface area contributed by atoms with Gasteiger partial charge in [-0.25, -0.2) is 0 Å². The highest BCUT2D eigenvalue weighted by atomic mass is 16.4. The first kappa shape index (κ1) is 83.5. The Bertz CT molecular complexity index is 2420. The number of carboxylic acid groups (broad SMARTS) is 2. The van der Waals surface area contributed by atoms with Gasteiger partial charge >= 0.3 is 11.9 Å². The van der Waals surface area contributed by atoms with Crippen molar-refractivity contribution in [3.63, 3.8) is 0 Å². The predicted molar refractivity (Wildman–Crippen MR) is 334 cm³/mol. The number of aliphatic hydroxyl groups is 3. The number of unbranched alkanes of at least 4 members (excludes halogenated alkanes) is 12. The smallest absolute Gasteiger partial charge is 0.305 e. The van der Waals surface area contributed by atoms with Crippen LogP contribution < -0.4 is 81.0 Å². The van der Waals surface area contributed by atoms with Crippen molar-refractivity contribution in [3.8, 4) is 0 Å². The molecule has 524 valence electrons. The van der Waals surface area contributed by atoms with Gasteiger partial charge in [-0.2, -0.15) is 0 Å². The second kappa shape index (κ2) is 47.4. The molecule has 0 saturated carbocycles. The number of aliphatic hydroxyl groups excluding tert-OH is 3. The Kier molecular flexibility index (Phi) is 43.1. The molecule has 35 heteroatoms. The van der Waals surface area contributed by atoms with Crippen molar-refractivity contribution < 1.29 is 87.9 Å². The quantitative estimate of drug-likeness (QED) is 0.0155. The first-order valence-corrected chi connectivity index (χ1v) is 31.2. The van der Waals surface area contributed by atoms with Crippen LogP contribution in [0.1, 0.15) is 176 Å². The Hall–Kier alpha value is -8.47. The second-order valence-corrected chi connectivity index (χ2v) is 22.5. The molecule has 11 atom stereocenters. The molecule has 0 aromatic heterocycles. The normalized spacial score (nSPS) is 14.5. The van der Waals surface area contributed by atoms with Crippen LogP contribution in [-0.2, 0) is 62.3 Å². The number of aliphatic carboxylic acids is 2. The maximum Gasteiger partial charge on any atom is 0.305 e. The summed E-state index contributed by atoms with van der Waals surface area (Å²) in [5, 5.41) is 92.2. The Balaban J connectivity index is 6.12. The van der Waals surface area contributed by atoms with E-state index >= 15 is 0 Å². The van der Waals surface area contributed by atoms with Gasteiger partial charge in [-0.15, -0.1) is 0 Å². The number of rotatable bonds is 51. The molecule has 25 N–H and O–H groups in total. The summed E-state index contributed by atoms with van der Waals surface area (Å²) in [5.74, 6) is -15.4. The maximum absolute atomic E-state index is 13.9. The number of carbonyl (C=O) groups excluding carboxylic acids is 11. The molecule has 92 heavy (non-hydrogen) atoms. The van der Waals surface area contributed by atoms with E-state index in [0.717, 1.165) is 46.0 Å². The molecule has 0 aromatic rings. The van der Waals surface area contributed by atoms with Gasteiger partial charge in [0.2, 0.25) is 65.0 Å². The highest BCUT2D eigenvalue weighted by molar-refractivity contribution is 5.99. The third-order valence-corrected chi connectivity index (χ3v) is 14.3. The molecule has 0 aliphatic carbocycles. The zero-order valence-electron chi connectivity index (χ0n) is 53.5. The van der Waals surface area contributed by atoms with Gasteiger partial charge in [0, 0.05) is 25.9 Å². The lowest BCUT2D eigenvalue weighted by Crippen LogP contribution is -2.61. The van der Waals surface area contributed by atoms with E-state index in [0.29, 0.717) is 6.42 Å². The van der Waals surface area contributed by atoms with Gasteiger partial charge in [-0.1, -0.05) is 84.0 Å². The van der Waals surface area contributed by atoms with Crippen molar-refractivity contribution in [2.45, 2.75) is 242 Å². The zero-order chi connectivity index (χ0) is 69.9. The summed E-state index contributed by atoms with van der Waals surface area (Å²) in [5.41, 5.74) is 16.1. The van der Waals surface area contributed by atoms with E-state index in [9.17, 15) is 87.9 Å². The topological polar surface area (TPSA) is 593 Å². The molecule has 0 spiro atoms. The number of carbonyl (C=O) groups is 13. The lowest BCUT2D eigenvalue weighted by atomic mass is 10.0. The summed E-state index contributed by atoms with van der Waals surface area (Å²) in [4.78, 5) is 170. The van der Waals surface area contributed by atoms with E-state index in [4.69, 9.17) is 28.0 Å². The van der Waals surface area contributed by atoms with Crippen LogP contribution in [0.5, 0.6) is 0 Å². The van der Waals surface area contributed by atoms with Crippen molar-refractivity contribution >= 4 is 88.8 Å². The Labute approximate surface area is 535 Å². The summed E-state index contributed by atoms with van der Waals surface area (Å²) in [7, 11) is 0. The van der Waals surface area contributed by atoms with Crippen molar-refractivity contribution in [1.82, 2.24) is 63.8 Å². The Morgan fingerprint density at radius 1 is 0.402 bits per heavy atom.